The number of ether oxygens (including phenoxy) is 5. The number of aliphatic hydroxyl groups is 1. The predicted molar refractivity (Wildman–Crippen MR) is 248 cm³/mol. The first-order valence-electron chi connectivity index (χ1n) is 20.8. The summed E-state index contributed by atoms with van der Waals surface area (Å²) in [5.41, 5.74) is 0.597. The van der Waals surface area contributed by atoms with Crippen molar-refractivity contribution in [3.05, 3.63) is 76.3 Å². The molecule has 2 aromatic rings. The number of epoxide rings is 1. The number of likely N-dealkylation sites (N-methyl/N-ethyl adjacent to an activating group) is 1. The number of alkyl carbamates (subject to hydrolysis) is 1. The summed E-state index contributed by atoms with van der Waals surface area (Å²) in [5.74, 6) is -1.58. The van der Waals surface area contributed by atoms with Gasteiger partial charge < -0.3 is 49.2 Å². The summed E-state index contributed by atoms with van der Waals surface area (Å²) in [6.07, 6.45) is 0.749. The fourth-order valence-electron chi connectivity index (χ4n) is 7.76. The number of thiocarbonyl (C=S) groups is 1. The minimum atomic E-state index is -1.85. The SMILES string of the molecule is COc1cc2cc(c1Cl)N(C)C(=O)C[C@H](OC(=O)[C@H](C)N(C)C(=O)CCSC(=S)NCc1ccc(NC(C)=O)cc1)[C@]1(C)O[C@H]1[C@H](C)[C@@H]1C[C@@](O)(NC(=O)O1)[C@H](OC)/C=C/C=C(\C)C2. The molecule has 64 heavy (non-hydrogen) atoms. The summed E-state index contributed by atoms with van der Waals surface area (Å²) in [5, 5.41) is 20.4. The monoisotopic (exact) mass is 943 g/mol. The molecule has 19 heteroatoms. The standard InChI is InChI=1S/C45H58ClN5O11S2/c1-25-11-10-12-35(59-9)45(57)23-34(60-42(56)49-45)26(2)40-44(5,62-40)36(22-38(54)51(7)32-20-30(19-25)21-33(58-8)39(32)46)61-41(55)27(3)50(6)37(53)17-18-64-43(63)47-24-29-13-15-31(16-14-29)48-28(4)52/h10-16,20-21,26-27,34-36,40,57H,17-19,22-24H2,1-9H3,(H,47,63)(H,48,52)(H,49,56)/b12-10+,25-11+/t26-,27+,34+,35-,36+,40+,44+,45+/m1/s1. The van der Waals surface area contributed by atoms with E-state index in [1.54, 1.807) is 57.3 Å². The third-order valence-electron chi connectivity index (χ3n) is 11.8. The summed E-state index contributed by atoms with van der Waals surface area (Å²) >= 11 is 13.6. The average Bonchev–Trinajstić information content (AvgIpc) is 3.94. The number of nitrogens with zero attached hydrogens (tertiary/aromatic N) is 2. The first-order chi connectivity index (χ1) is 30.2. The number of methoxy groups -OCH3 is 2. The van der Waals surface area contributed by atoms with Crippen molar-refractivity contribution in [1.82, 2.24) is 15.5 Å². The molecule has 3 heterocycles. The van der Waals surface area contributed by atoms with E-state index in [1.165, 1.54) is 56.7 Å². The number of esters is 1. The van der Waals surface area contributed by atoms with Crippen LogP contribution in [-0.4, -0.2) is 120 Å². The normalized spacial score (nSPS) is 27.6. The highest BCUT2D eigenvalue weighted by Crippen LogP contribution is 2.49. The Balaban J connectivity index is 1.33. The molecule has 0 aliphatic carbocycles. The maximum absolute atomic E-state index is 14.3. The number of rotatable bonds is 11. The second-order valence-electron chi connectivity index (χ2n) is 16.5. The highest BCUT2D eigenvalue weighted by atomic mass is 35.5. The lowest BCUT2D eigenvalue weighted by Crippen LogP contribution is -2.63. The van der Waals surface area contributed by atoms with Crippen LogP contribution in [0.25, 0.3) is 0 Å². The third kappa shape index (κ3) is 12.3. The first-order valence-corrected chi connectivity index (χ1v) is 22.6. The molecule has 16 nitrogen and oxygen atoms in total. The van der Waals surface area contributed by atoms with Gasteiger partial charge in [0.1, 0.15) is 45.0 Å². The van der Waals surface area contributed by atoms with Gasteiger partial charge in [0.15, 0.2) is 5.72 Å². The van der Waals surface area contributed by atoms with Gasteiger partial charge in [0, 0.05) is 64.9 Å². The van der Waals surface area contributed by atoms with Crippen LogP contribution in [0.2, 0.25) is 5.02 Å². The Bertz CT molecular complexity index is 2160. The summed E-state index contributed by atoms with van der Waals surface area (Å²) < 4.78 is 29.9. The minimum absolute atomic E-state index is 0.0682. The molecule has 4 bridgehead atoms. The van der Waals surface area contributed by atoms with Crippen LogP contribution in [0, 0.1) is 5.92 Å². The Morgan fingerprint density at radius 3 is 2.55 bits per heavy atom. The van der Waals surface area contributed by atoms with E-state index in [9.17, 15) is 29.1 Å². The summed E-state index contributed by atoms with van der Waals surface area (Å²) in [4.78, 5) is 68.5. The van der Waals surface area contributed by atoms with Gasteiger partial charge >= 0.3 is 12.1 Å². The highest BCUT2D eigenvalue weighted by Gasteiger charge is 2.64. The predicted octanol–water partition coefficient (Wildman–Crippen LogP) is 5.67. The van der Waals surface area contributed by atoms with Gasteiger partial charge in [-0.15, -0.1) is 0 Å². The minimum Gasteiger partial charge on any atom is -0.495 e. The van der Waals surface area contributed by atoms with Crippen molar-refractivity contribution in [2.24, 2.45) is 5.92 Å². The lowest BCUT2D eigenvalue weighted by Gasteiger charge is -2.42. The van der Waals surface area contributed by atoms with Crippen molar-refractivity contribution in [2.45, 2.75) is 109 Å². The zero-order valence-corrected chi connectivity index (χ0v) is 39.9. The maximum Gasteiger partial charge on any atom is 0.409 e. The molecule has 0 spiro atoms. The molecule has 0 unspecified atom stereocenters. The Hall–Kier alpha value is -4.72. The zero-order chi connectivity index (χ0) is 47.1. The molecular formula is C45H58ClN5O11S2. The van der Waals surface area contributed by atoms with Crippen molar-refractivity contribution in [3.63, 3.8) is 0 Å². The highest BCUT2D eigenvalue weighted by molar-refractivity contribution is 8.22. The second-order valence-corrected chi connectivity index (χ2v) is 18.7. The van der Waals surface area contributed by atoms with E-state index in [4.69, 9.17) is 47.5 Å². The second kappa shape index (κ2) is 21.5. The molecule has 4 amide bonds. The summed E-state index contributed by atoms with van der Waals surface area (Å²) in [7, 11) is 5.97. The van der Waals surface area contributed by atoms with Crippen LogP contribution in [0.15, 0.2) is 60.2 Å². The Kier molecular flexibility index (Phi) is 16.9. The van der Waals surface area contributed by atoms with Crippen molar-refractivity contribution in [1.29, 1.82) is 0 Å². The summed E-state index contributed by atoms with van der Waals surface area (Å²) in [6, 6.07) is 9.84. The van der Waals surface area contributed by atoms with E-state index >= 15 is 0 Å². The largest absolute Gasteiger partial charge is 0.495 e. The van der Waals surface area contributed by atoms with E-state index < -0.39 is 65.7 Å². The quantitative estimate of drug-likeness (QED) is 0.122. The molecule has 3 aliphatic heterocycles. The molecule has 0 aromatic heterocycles. The number of hydrogen-bond donors (Lipinski definition) is 4. The van der Waals surface area contributed by atoms with E-state index in [0.29, 0.717) is 40.2 Å². The van der Waals surface area contributed by atoms with Crippen LogP contribution >= 0.6 is 35.6 Å². The number of carbonyl (C=O) groups excluding carboxylic acids is 5. The maximum atomic E-state index is 14.3. The Labute approximate surface area is 388 Å². The van der Waals surface area contributed by atoms with Crippen LogP contribution < -0.4 is 25.6 Å². The number of anilines is 2. The Morgan fingerprint density at radius 2 is 1.89 bits per heavy atom. The van der Waals surface area contributed by atoms with Gasteiger partial charge in [0.25, 0.3) is 0 Å². The lowest BCUT2D eigenvalue weighted by atomic mass is 9.83. The van der Waals surface area contributed by atoms with Crippen molar-refractivity contribution in [3.8, 4) is 5.75 Å². The van der Waals surface area contributed by atoms with Crippen molar-refractivity contribution >= 4 is 81.1 Å². The van der Waals surface area contributed by atoms with Gasteiger partial charge in [-0.3, -0.25) is 19.7 Å². The molecule has 8 atom stereocenters. The molecule has 348 valence electrons. The smallest absolute Gasteiger partial charge is 0.409 e. The number of allylic oxidation sites excluding steroid dienone is 3. The Morgan fingerprint density at radius 1 is 1.19 bits per heavy atom. The van der Waals surface area contributed by atoms with Crippen LogP contribution in [0.5, 0.6) is 5.75 Å². The average molecular weight is 945 g/mol. The molecule has 0 radical (unpaired) electrons. The van der Waals surface area contributed by atoms with E-state index in [-0.39, 0.29) is 36.1 Å². The van der Waals surface area contributed by atoms with Crippen molar-refractivity contribution in [2.75, 3.05) is 44.3 Å². The number of nitrogens with one attached hydrogen (secondary N) is 3. The number of halogens is 1. The van der Waals surface area contributed by atoms with Gasteiger partial charge in [-0.1, -0.05) is 78.4 Å². The van der Waals surface area contributed by atoms with Gasteiger partial charge in [-0.2, -0.15) is 0 Å². The van der Waals surface area contributed by atoms with Gasteiger partial charge in [-0.05, 0) is 62.6 Å². The number of carbonyl (C=O) groups is 5. The molecule has 2 fully saturated rings. The number of hydrogen-bond acceptors (Lipinski definition) is 13. The fraction of sp³-hybridized carbons (Fsp3) is 0.511. The lowest BCUT2D eigenvalue weighted by molar-refractivity contribution is -0.162. The van der Waals surface area contributed by atoms with E-state index in [1.807, 2.05) is 25.1 Å². The van der Waals surface area contributed by atoms with Gasteiger partial charge in [-0.25, -0.2) is 9.59 Å². The van der Waals surface area contributed by atoms with Crippen molar-refractivity contribution < 1.29 is 52.8 Å². The third-order valence-corrected chi connectivity index (χ3v) is 13.5. The molecule has 4 N–H and O–H groups in total. The number of fused-ring (bicyclic) bond motifs is 5. The van der Waals surface area contributed by atoms with Crippen LogP contribution in [0.3, 0.4) is 0 Å². The fourth-order valence-corrected chi connectivity index (χ4v) is 9.03. The molecule has 3 aliphatic rings. The zero-order valence-electron chi connectivity index (χ0n) is 37.5. The first kappa shape index (κ1) is 50.3. The summed E-state index contributed by atoms with van der Waals surface area (Å²) in [6.45, 7) is 8.84. The number of amides is 4. The molecular weight excluding hydrogens is 886 g/mol. The molecule has 2 saturated heterocycles. The van der Waals surface area contributed by atoms with Gasteiger partial charge in [0.05, 0.1) is 25.3 Å². The number of thioether (sulfide) groups is 1. The van der Waals surface area contributed by atoms with E-state index in [0.717, 1.165) is 16.7 Å². The molecule has 2 aromatic carbocycles. The number of benzene rings is 2. The molecule has 0 saturated carbocycles. The topological polar surface area (TPSA) is 198 Å². The van der Waals surface area contributed by atoms with Crippen LogP contribution in [0.4, 0.5) is 16.2 Å². The molecule has 5 rings (SSSR count). The van der Waals surface area contributed by atoms with Crippen LogP contribution in [-0.2, 0) is 51.1 Å². The van der Waals surface area contributed by atoms with E-state index in [2.05, 4.69) is 16.0 Å². The van der Waals surface area contributed by atoms with Gasteiger partial charge in [0.2, 0.25) is 17.7 Å². The van der Waals surface area contributed by atoms with Crippen LogP contribution in [0.1, 0.15) is 65.0 Å².